The maximum absolute atomic E-state index is 9.93. The third-order valence-electron chi connectivity index (χ3n) is 9.77. The molecule has 0 amide bonds. The molecule has 0 fully saturated rings. The molecule has 0 atom stereocenters. The fourth-order valence-electron chi connectivity index (χ4n) is 7.47. The zero-order chi connectivity index (χ0) is 34.6. The molecule has 7 aromatic carbocycles. The van der Waals surface area contributed by atoms with Gasteiger partial charge in [0, 0.05) is 49.6 Å². The molecule has 0 radical (unpaired) electrons. The van der Waals surface area contributed by atoms with Gasteiger partial charge in [0.25, 0.3) is 0 Å². The molecule has 0 aliphatic heterocycles. The van der Waals surface area contributed by atoms with E-state index in [0.717, 1.165) is 71.7 Å². The van der Waals surface area contributed by atoms with Gasteiger partial charge in [-0.25, -0.2) is 15.0 Å². The first-order valence-corrected chi connectivity index (χ1v) is 17.2. The fraction of sp³-hybridized carbons (Fsp3) is 0. The van der Waals surface area contributed by atoms with Gasteiger partial charge in [-0.3, -0.25) is 0 Å². The van der Waals surface area contributed by atoms with Gasteiger partial charge < -0.3 is 9.13 Å². The van der Waals surface area contributed by atoms with E-state index in [1.807, 2.05) is 78.9 Å². The summed E-state index contributed by atoms with van der Waals surface area (Å²) in [6.45, 7) is 0. The lowest BCUT2D eigenvalue weighted by Gasteiger charge is -2.12. The summed E-state index contributed by atoms with van der Waals surface area (Å²) in [7, 11) is 0. The number of benzene rings is 7. The number of hydrogen-bond acceptors (Lipinski definition) is 4. The molecule has 0 aliphatic carbocycles. The predicted octanol–water partition coefficient (Wildman–Crippen LogP) is 10.9. The van der Waals surface area contributed by atoms with Crippen LogP contribution in [0.15, 0.2) is 170 Å². The average molecular weight is 665 g/mol. The SMILES string of the molecule is N#Cc1ccc2c(c1)c1ccc3c(c4ccccc4n3-c3ccccc3)c1n2-c1cccc(-c2nc(-c3ccccc3)nc(-c3ccccc3)n2)c1. The van der Waals surface area contributed by atoms with Crippen LogP contribution in [0.5, 0.6) is 0 Å². The van der Waals surface area contributed by atoms with E-state index >= 15 is 0 Å². The van der Waals surface area contributed by atoms with Gasteiger partial charge in [-0.2, -0.15) is 5.26 Å². The normalized spacial score (nSPS) is 11.4. The second-order valence-corrected chi connectivity index (χ2v) is 12.8. The number of fused-ring (bicyclic) bond motifs is 7. The molecule has 6 nitrogen and oxygen atoms in total. The highest BCUT2D eigenvalue weighted by Gasteiger charge is 2.22. The Balaban J connectivity index is 1.27. The minimum Gasteiger partial charge on any atom is -0.309 e. The summed E-state index contributed by atoms with van der Waals surface area (Å²) in [5, 5.41) is 14.3. The van der Waals surface area contributed by atoms with Crippen LogP contribution in [0, 0.1) is 11.3 Å². The molecule has 0 spiro atoms. The Labute approximate surface area is 299 Å². The van der Waals surface area contributed by atoms with Gasteiger partial charge >= 0.3 is 0 Å². The van der Waals surface area contributed by atoms with E-state index in [1.54, 1.807) is 0 Å². The van der Waals surface area contributed by atoms with Crippen molar-refractivity contribution in [3.05, 3.63) is 175 Å². The quantitative estimate of drug-likeness (QED) is 0.184. The maximum atomic E-state index is 9.93. The molecule has 6 heteroatoms. The smallest absolute Gasteiger partial charge is 0.164 e. The van der Waals surface area contributed by atoms with Crippen molar-refractivity contribution in [2.24, 2.45) is 0 Å². The monoisotopic (exact) mass is 664 g/mol. The van der Waals surface area contributed by atoms with Gasteiger partial charge in [-0.1, -0.05) is 115 Å². The van der Waals surface area contributed by atoms with Crippen LogP contribution in [-0.4, -0.2) is 24.1 Å². The molecule has 10 aromatic rings. The van der Waals surface area contributed by atoms with Gasteiger partial charge in [-0.05, 0) is 54.6 Å². The molecule has 0 saturated heterocycles. The Bertz CT molecular complexity index is 2950. The average Bonchev–Trinajstić information content (AvgIpc) is 3.74. The minimum absolute atomic E-state index is 0.591. The summed E-state index contributed by atoms with van der Waals surface area (Å²) in [6.07, 6.45) is 0. The molecular weight excluding hydrogens is 637 g/mol. The van der Waals surface area contributed by atoms with E-state index < -0.39 is 0 Å². The first-order valence-electron chi connectivity index (χ1n) is 17.2. The van der Waals surface area contributed by atoms with Crippen molar-refractivity contribution in [3.8, 4) is 51.6 Å². The van der Waals surface area contributed by atoms with Crippen LogP contribution in [0.3, 0.4) is 0 Å². The van der Waals surface area contributed by atoms with Crippen molar-refractivity contribution in [2.45, 2.75) is 0 Å². The lowest BCUT2D eigenvalue weighted by molar-refractivity contribution is 1.07. The highest BCUT2D eigenvalue weighted by Crippen LogP contribution is 2.42. The molecule has 52 heavy (non-hydrogen) atoms. The number of aromatic nitrogens is 5. The van der Waals surface area contributed by atoms with Crippen LogP contribution in [0.2, 0.25) is 0 Å². The molecule has 0 bridgehead atoms. The van der Waals surface area contributed by atoms with Crippen LogP contribution >= 0.6 is 0 Å². The first kappa shape index (κ1) is 29.5. The Morgan fingerprint density at radius 1 is 0.404 bits per heavy atom. The third kappa shape index (κ3) is 4.68. The van der Waals surface area contributed by atoms with Gasteiger partial charge in [0.1, 0.15) is 0 Å². The fourth-order valence-corrected chi connectivity index (χ4v) is 7.47. The van der Waals surface area contributed by atoms with Gasteiger partial charge in [-0.15, -0.1) is 0 Å². The largest absolute Gasteiger partial charge is 0.309 e. The summed E-state index contributed by atoms with van der Waals surface area (Å²) in [5.74, 6) is 1.82. The van der Waals surface area contributed by atoms with E-state index in [9.17, 15) is 5.26 Å². The minimum atomic E-state index is 0.591. The van der Waals surface area contributed by atoms with E-state index in [1.165, 1.54) is 0 Å². The van der Waals surface area contributed by atoms with Crippen LogP contribution in [0.25, 0.3) is 89.2 Å². The number of hydrogen-bond donors (Lipinski definition) is 0. The van der Waals surface area contributed by atoms with Crippen molar-refractivity contribution in [2.75, 3.05) is 0 Å². The lowest BCUT2D eigenvalue weighted by Crippen LogP contribution is -2.01. The Morgan fingerprint density at radius 2 is 0.962 bits per heavy atom. The van der Waals surface area contributed by atoms with Crippen molar-refractivity contribution < 1.29 is 0 Å². The van der Waals surface area contributed by atoms with Gasteiger partial charge in [0.05, 0.1) is 33.7 Å². The van der Waals surface area contributed by atoms with Gasteiger partial charge in [0.2, 0.25) is 0 Å². The lowest BCUT2D eigenvalue weighted by atomic mass is 10.1. The zero-order valence-corrected chi connectivity index (χ0v) is 27.8. The molecule has 10 rings (SSSR count). The Morgan fingerprint density at radius 3 is 1.65 bits per heavy atom. The van der Waals surface area contributed by atoms with Crippen molar-refractivity contribution in [1.29, 1.82) is 5.26 Å². The summed E-state index contributed by atoms with van der Waals surface area (Å²) in [4.78, 5) is 15.0. The van der Waals surface area contributed by atoms with Crippen molar-refractivity contribution >= 4 is 43.6 Å². The second-order valence-electron chi connectivity index (χ2n) is 12.8. The number of rotatable bonds is 5. The zero-order valence-electron chi connectivity index (χ0n) is 27.8. The maximum Gasteiger partial charge on any atom is 0.164 e. The predicted molar refractivity (Wildman–Crippen MR) is 210 cm³/mol. The van der Waals surface area contributed by atoms with E-state index in [-0.39, 0.29) is 0 Å². The summed E-state index contributed by atoms with van der Waals surface area (Å²) in [5.41, 5.74) is 9.74. The molecule has 242 valence electrons. The summed E-state index contributed by atoms with van der Waals surface area (Å²) >= 11 is 0. The molecule has 0 saturated carbocycles. The topological polar surface area (TPSA) is 72.3 Å². The third-order valence-corrected chi connectivity index (χ3v) is 9.77. The summed E-state index contributed by atoms with van der Waals surface area (Å²) in [6, 6.07) is 60.3. The Hall–Kier alpha value is -7.36. The van der Waals surface area contributed by atoms with Crippen molar-refractivity contribution in [3.63, 3.8) is 0 Å². The molecule has 0 unspecified atom stereocenters. The second kappa shape index (κ2) is 11.9. The van der Waals surface area contributed by atoms with E-state index in [4.69, 9.17) is 15.0 Å². The van der Waals surface area contributed by atoms with E-state index in [2.05, 4.69) is 106 Å². The molecule has 3 aromatic heterocycles. The number of nitrogens with zero attached hydrogens (tertiary/aromatic N) is 6. The molecule has 3 heterocycles. The molecular formula is C46H28N6. The molecule has 0 N–H and O–H groups in total. The number of nitriles is 1. The van der Waals surface area contributed by atoms with Crippen LogP contribution in [0.4, 0.5) is 0 Å². The summed E-state index contributed by atoms with van der Waals surface area (Å²) < 4.78 is 4.67. The van der Waals surface area contributed by atoms with Crippen LogP contribution < -0.4 is 0 Å². The standard InChI is InChI=1S/C46H28N6/c47-29-30-23-25-40-38(27-30)36-24-26-41-42(37-21-10-11-22-39(37)51(41)34-18-8-3-9-19-34)43(36)52(40)35-20-12-17-33(28-35)46-49-44(31-13-4-1-5-14-31)48-45(50-46)32-15-6-2-7-16-32/h1-28H. The Kier molecular flexibility index (Phi) is 6.76. The van der Waals surface area contributed by atoms with Crippen LogP contribution in [-0.2, 0) is 0 Å². The highest BCUT2D eigenvalue weighted by atomic mass is 15.0. The van der Waals surface area contributed by atoms with Gasteiger partial charge in [0.15, 0.2) is 17.5 Å². The van der Waals surface area contributed by atoms with Crippen LogP contribution in [0.1, 0.15) is 5.56 Å². The first-order chi connectivity index (χ1) is 25.7. The highest BCUT2D eigenvalue weighted by molar-refractivity contribution is 6.26. The van der Waals surface area contributed by atoms with Crippen molar-refractivity contribution in [1.82, 2.24) is 24.1 Å². The van der Waals surface area contributed by atoms with E-state index in [0.29, 0.717) is 23.0 Å². The molecule has 0 aliphatic rings. The number of para-hydroxylation sites is 2.